The van der Waals surface area contributed by atoms with Crippen LogP contribution >= 0.6 is 0 Å². The highest BCUT2D eigenvalue weighted by Gasteiger charge is 2.37. The molecule has 4 atom stereocenters. The topological polar surface area (TPSA) is 241 Å². The molecule has 0 saturated carbocycles. The Morgan fingerprint density at radius 3 is 1.33 bits per heavy atom. The van der Waals surface area contributed by atoms with Gasteiger partial charge in [-0.05, 0) is 168 Å². The van der Waals surface area contributed by atoms with Gasteiger partial charge in [0.15, 0.2) is 11.6 Å². The number of hydrogen-bond acceptors (Lipinski definition) is 12. The van der Waals surface area contributed by atoms with E-state index < -0.39 is 35.5 Å². The van der Waals surface area contributed by atoms with Crippen molar-refractivity contribution in [1.82, 2.24) is 51.7 Å². The van der Waals surface area contributed by atoms with Gasteiger partial charge in [0.25, 0.3) is 11.8 Å². The van der Waals surface area contributed by atoms with Gasteiger partial charge in [-0.1, -0.05) is 6.07 Å². The normalized spacial score (nSPS) is 15.7. The quantitative estimate of drug-likeness (QED) is 0.0311. The summed E-state index contributed by atoms with van der Waals surface area (Å²) in [6, 6.07) is 17.7. The second-order valence-electron chi connectivity index (χ2n) is 19.5. The number of aromatic nitrogens is 2. The lowest BCUT2D eigenvalue weighted by Crippen LogP contribution is -2.50. The SMILES string of the molecule is CNCC(=O)NC(CCCCNC(=O)c1cccc(C(=O)NCCCCC(NC(=O)CNC)C(=O)N2CCCC2c2cncc(C(=O)c3ccc(F)cc3)c2)c1)C(=O)N1CCCC1c1cncc(C(=O)c2ccc(F)cc2)c1. The van der Waals surface area contributed by atoms with Crippen LogP contribution in [0.4, 0.5) is 8.78 Å². The third-order valence-corrected chi connectivity index (χ3v) is 13.8. The molecule has 410 valence electrons. The van der Waals surface area contributed by atoms with E-state index >= 15 is 0 Å². The van der Waals surface area contributed by atoms with Gasteiger partial charge in [-0.2, -0.15) is 0 Å². The summed E-state index contributed by atoms with van der Waals surface area (Å²) in [7, 11) is 3.26. The highest BCUT2D eigenvalue weighted by atomic mass is 19.1. The molecule has 4 unspecified atom stereocenters. The number of halogens is 2. The molecule has 0 bridgehead atoms. The Balaban J connectivity index is 0.874. The number of nitrogens with one attached hydrogen (secondary N) is 6. The number of amides is 6. The van der Waals surface area contributed by atoms with Gasteiger partial charge < -0.3 is 41.7 Å². The van der Waals surface area contributed by atoms with E-state index in [0.29, 0.717) is 111 Å². The Kier molecular flexibility index (Phi) is 20.9. The average Bonchev–Trinajstić information content (AvgIpc) is 4.18. The van der Waals surface area contributed by atoms with Crippen LogP contribution in [0.2, 0.25) is 0 Å². The Labute approximate surface area is 451 Å². The number of rotatable bonds is 26. The van der Waals surface area contributed by atoms with Crippen molar-refractivity contribution in [2.75, 3.05) is 53.4 Å². The van der Waals surface area contributed by atoms with E-state index in [-0.39, 0.29) is 84.6 Å². The second-order valence-corrected chi connectivity index (χ2v) is 19.5. The zero-order chi connectivity index (χ0) is 55.6. The lowest BCUT2D eigenvalue weighted by molar-refractivity contribution is -0.137. The van der Waals surface area contributed by atoms with E-state index in [9.17, 15) is 47.1 Å². The van der Waals surface area contributed by atoms with Crippen LogP contribution in [0.25, 0.3) is 0 Å². The molecule has 18 nitrogen and oxygen atoms in total. The Bertz CT molecular complexity index is 2750. The molecular formula is C58H66F2N10O8. The predicted octanol–water partition coefficient (Wildman–Crippen LogP) is 5.15. The van der Waals surface area contributed by atoms with Gasteiger partial charge >= 0.3 is 0 Å². The molecule has 2 aromatic heterocycles. The number of pyridine rings is 2. The van der Waals surface area contributed by atoms with E-state index in [4.69, 9.17) is 0 Å². The number of ketones is 2. The van der Waals surface area contributed by atoms with Crippen molar-refractivity contribution >= 4 is 47.0 Å². The van der Waals surface area contributed by atoms with Crippen LogP contribution < -0.4 is 31.9 Å². The maximum atomic E-state index is 14.2. The first-order chi connectivity index (χ1) is 37.7. The standard InChI is InChI=1S/C58H66F2N10O8/c1-61-35-51(71)67-47(57(77)69-26-8-14-49(69)41-29-43(33-63-31-41)53(73)37-16-20-45(59)21-17-37)12-3-5-24-65-55(75)39-10-7-11-40(28-39)56(76)66-25-6-4-13-48(68-52(72)36-62-2)58(78)70-27-9-15-50(70)42-30-44(34-64-32-42)54(74)38-18-22-46(60)23-19-38/h7,10-11,16-23,28-34,47-50,61-62H,3-6,8-9,12-15,24-27,35-36H2,1-2H3,(H,65,75)(H,66,76)(H,67,71)(H,68,72). The minimum Gasteiger partial charge on any atom is -0.352 e. The van der Waals surface area contributed by atoms with Gasteiger partial charge in [-0.25, -0.2) is 8.78 Å². The molecule has 20 heteroatoms. The van der Waals surface area contributed by atoms with Crippen LogP contribution in [0.3, 0.4) is 0 Å². The maximum Gasteiger partial charge on any atom is 0.251 e. The summed E-state index contributed by atoms with van der Waals surface area (Å²) < 4.78 is 27.1. The summed E-state index contributed by atoms with van der Waals surface area (Å²) in [4.78, 5) is 119. The molecule has 4 heterocycles. The zero-order valence-corrected chi connectivity index (χ0v) is 43.8. The molecule has 6 N–H and O–H groups in total. The first-order valence-electron chi connectivity index (χ1n) is 26.4. The molecule has 3 aromatic carbocycles. The van der Waals surface area contributed by atoms with Crippen LogP contribution in [0.1, 0.15) is 140 Å². The highest BCUT2D eigenvalue weighted by Crippen LogP contribution is 2.35. The molecular weight excluding hydrogens is 1000 g/mol. The summed E-state index contributed by atoms with van der Waals surface area (Å²) in [5.41, 5.74) is 3.13. The number of likely N-dealkylation sites (tertiary alicyclic amines) is 2. The molecule has 2 fully saturated rings. The van der Waals surface area contributed by atoms with Crippen LogP contribution in [0, 0.1) is 11.6 Å². The smallest absolute Gasteiger partial charge is 0.251 e. The maximum absolute atomic E-state index is 14.2. The van der Waals surface area contributed by atoms with E-state index in [1.54, 1.807) is 66.6 Å². The molecule has 0 aliphatic carbocycles. The highest BCUT2D eigenvalue weighted by molar-refractivity contribution is 6.09. The number of carbonyl (C=O) groups is 8. The van der Waals surface area contributed by atoms with Crippen LogP contribution in [-0.4, -0.2) is 132 Å². The predicted molar refractivity (Wildman–Crippen MR) is 286 cm³/mol. The van der Waals surface area contributed by atoms with E-state index in [2.05, 4.69) is 41.9 Å². The lowest BCUT2D eigenvalue weighted by atomic mass is 9.99. The van der Waals surface area contributed by atoms with E-state index in [0.717, 1.165) is 0 Å². The monoisotopic (exact) mass is 1070 g/mol. The molecule has 0 spiro atoms. The number of hydrogen-bond donors (Lipinski definition) is 6. The number of likely N-dealkylation sites (N-methyl/N-ethyl adjacent to an activating group) is 2. The second kappa shape index (κ2) is 28.3. The molecule has 2 saturated heterocycles. The van der Waals surface area contributed by atoms with Crippen molar-refractivity contribution in [2.24, 2.45) is 0 Å². The fourth-order valence-electron chi connectivity index (χ4n) is 9.90. The Morgan fingerprint density at radius 1 is 0.526 bits per heavy atom. The minimum atomic E-state index is -0.852. The van der Waals surface area contributed by atoms with Crippen molar-refractivity contribution in [3.8, 4) is 0 Å². The van der Waals surface area contributed by atoms with Crippen LogP contribution in [0.15, 0.2) is 110 Å². The Morgan fingerprint density at radius 2 is 0.936 bits per heavy atom. The summed E-state index contributed by atoms with van der Waals surface area (Å²) in [6.45, 7) is 1.41. The number of nitrogens with zero attached hydrogens (tertiary/aromatic N) is 4. The molecule has 5 aromatic rings. The van der Waals surface area contributed by atoms with Gasteiger partial charge in [-0.15, -0.1) is 0 Å². The van der Waals surface area contributed by atoms with Crippen molar-refractivity contribution in [2.45, 2.75) is 88.4 Å². The molecule has 0 radical (unpaired) electrons. The van der Waals surface area contributed by atoms with Gasteiger partial charge in [-0.3, -0.25) is 48.3 Å². The first kappa shape index (κ1) is 57.6. The summed E-state index contributed by atoms with van der Waals surface area (Å²) in [5.74, 6) is -3.60. The Hall–Kier alpha value is -8.10. The molecule has 6 amide bonds. The fraction of sp³-hybridized carbons (Fsp3) is 0.379. The number of carbonyl (C=O) groups excluding carboxylic acids is 8. The van der Waals surface area contributed by atoms with Gasteiger partial charge in [0.2, 0.25) is 23.6 Å². The van der Waals surface area contributed by atoms with E-state index in [1.165, 1.54) is 67.0 Å². The van der Waals surface area contributed by atoms with Crippen molar-refractivity contribution in [3.63, 3.8) is 0 Å². The van der Waals surface area contributed by atoms with Crippen LogP contribution in [0.5, 0.6) is 0 Å². The average molecular weight is 1070 g/mol. The third-order valence-electron chi connectivity index (χ3n) is 13.8. The first-order valence-corrected chi connectivity index (χ1v) is 26.4. The molecule has 78 heavy (non-hydrogen) atoms. The third kappa shape index (κ3) is 15.5. The number of unbranched alkanes of at least 4 members (excludes halogenated alkanes) is 2. The summed E-state index contributed by atoms with van der Waals surface area (Å²) in [6.07, 6.45) is 11.3. The fourth-order valence-corrected chi connectivity index (χ4v) is 9.90. The van der Waals surface area contributed by atoms with Gasteiger partial charge in [0.05, 0.1) is 25.2 Å². The molecule has 2 aliphatic rings. The summed E-state index contributed by atoms with van der Waals surface area (Å²) >= 11 is 0. The van der Waals surface area contributed by atoms with E-state index in [1.807, 2.05) is 0 Å². The minimum absolute atomic E-state index is 0.00448. The molecule has 7 rings (SSSR count). The van der Waals surface area contributed by atoms with Crippen molar-refractivity contribution in [3.05, 3.63) is 166 Å². The molecule has 2 aliphatic heterocycles. The zero-order valence-electron chi connectivity index (χ0n) is 43.8. The lowest BCUT2D eigenvalue weighted by Gasteiger charge is -2.30. The number of benzene rings is 3. The van der Waals surface area contributed by atoms with Gasteiger partial charge in [0, 0.05) is 84.3 Å². The van der Waals surface area contributed by atoms with Crippen molar-refractivity contribution in [1.29, 1.82) is 0 Å². The van der Waals surface area contributed by atoms with Gasteiger partial charge in [0.1, 0.15) is 23.7 Å². The van der Waals surface area contributed by atoms with Crippen molar-refractivity contribution < 1.29 is 47.1 Å². The summed E-state index contributed by atoms with van der Waals surface area (Å²) in [5, 5.41) is 17.1. The van der Waals surface area contributed by atoms with Crippen LogP contribution in [-0.2, 0) is 19.2 Å². The largest absolute Gasteiger partial charge is 0.352 e.